The van der Waals surface area contributed by atoms with Crippen LogP contribution in [0.25, 0.3) is 10.9 Å². The second kappa shape index (κ2) is 7.13. The third-order valence-corrected chi connectivity index (χ3v) is 3.97. The number of para-hydroxylation sites is 1. The zero-order chi connectivity index (χ0) is 15.3. The highest BCUT2D eigenvalue weighted by Crippen LogP contribution is 2.25. The summed E-state index contributed by atoms with van der Waals surface area (Å²) < 4.78 is 2.44. The summed E-state index contributed by atoms with van der Waals surface area (Å²) >= 11 is 0. The molecule has 0 bridgehead atoms. The molecule has 0 aliphatic carbocycles. The minimum absolute atomic E-state index is 0.383. The van der Waals surface area contributed by atoms with Crippen molar-refractivity contribution < 1.29 is 0 Å². The minimum atomic E-state index is 0.383. The maximum absolute atomic E-state index is 3.50. The summed E-state index contributed by atoms with van der Waals surface area (Å²) in [6.45, 7) is 12.4. The van der Waals surface area contributed by atoms with Crippen molar-refractivity contribution in [2.75, 3.05) is 13.1 Å². The molecule has 2 rings (SSSR count). The highest BCUT2D eigenvalue weighted by molar-refractivity contribution is 5.84. The van der Waals surface area contributed by atoms with Crippen LogP contribution in [0.15, 0.2) is 30.5 Å². The van der Waals surface area contributed by atoms with Crippen LogP contribution < -0.4 is 5.32 Å². The summed E-state index contributed by atoms with van der Waals surface area (Å²) in [6.07, 6.45) is 5.89. The van der Waals surface area contributed by atoms with Gasteiger partial charge in [-0.05, 0) is 49.4 Å². The molecule has 0 saturated carbocycles. The Morgan fingerprint density at radius 1 is 1.10 bits per heavy atom. The van der Waals surface area contributed by atoms with Crippen LogP contribution in [-0.4, -0.2) is 17.7 Å². The Morgan fingerprint density at radius 2 is 1.86 bits per heavy atom. The number of fused-ring (bicyclic) bond motifs is 1. The molecule has 2 nitrogen and oxygen atoms in total. The average Bonchev–Trinajstić information content (AvgIpc) is 2.79. The fourth-order valence-electron chi connectivity index (χ4n) is 2.69. The Morgan fingerprint density at radius 3 is 2.57 bits per heavy atom. The third-order valence-electron chi connectivity index (χ3n) is 3.97. The smallest absolute Gasteiger partial charge is 0.0483 e. The van der Waals surface area contributed by atoms with Gasteiger partial charge in [0.1, 0.15) is 0 Å². The van der Waals surface area contributed by atoms with E-state index < -0.39 is 0 Å². The van der Waals surface area contributed by atoms with Crippen molar-refractivity contribution in [3.63, 3.8) is 0 Å². The molecule has 2 aromatic rings. The largest absolute Gasteiger partial charge is 0.347 e. The van der Waals surface area contributed by atoms with E-state index >= 15 is 0 Å². The van der Waals surface area contributed by atoms with Crippen molar-refractivity contribution in [3.8, 4) is 0 Å². The molecule has 1 heterocycles. The van der Waals surface area contributed by atoms with Gasteiger partial charge in [-0.1, -0.05) is 45.9 Å². The molecule has 0 spiro atoms. The zero-order valence-corrected chi connectivity index (χ0v) is 14.1. The van der Waals surface area contributed by atoms with Gasteiger partial charge in [-0.3, -0.25) is 0 Å². The quantitative estimate of drug-likeness (QED) is 0.735. The number of benzene rings is 1. The number of hydrogen-bond acceptors (Lipinski definition) is 1. The number of aryl methyl sites for hydroxylation is 1. The molecule has 0 radical (unpaired) electrons. The lowest BCUT2D eigenvalue weighted by Gasteiger charge is -2.18. The van der Waals surface area contributed by atoms with Gasteiger partial charge in [0.25, 0.3) is 0 Å². The molecule has 1 aromatic heterocycles. The highest BCUT2D eigenvalue weighted by atomic mass is 15.0. The van der Waals surface area contributed by atoms with Crippen LogP contribution in [0.2, 0.25) is 0 Å². The fourth-order valence-corrected chi connectivity index (χ4v) is 2.69. The predicted molar refractivity (Wildman–Crippen MR) is 92.9 cm³/mol. The first kappa shape index (κ1) is 16.1. The number of aromatic nitrogens is 1. The van der Waals surface area contributed by atoms with Crippen molar-refractivity contribution >= 4 is 10.9 Å². The minimum Gasteiger partial charge on any atom is -0.347 e. The lowest BCUT2D eigenvalue weighted by Crippen LogP contribution is -2.17. The van der Waals surface area contributed by atoms with Gasteiger partial charge in [-0.25, -0.2) is 0 Å². The SMILES string of the molecule is CCCNCCc1cn(CCC(C)(C)C)c2ccccc12. The van der Waals surface area contributed by atoms with Gasteiger partial charge in [0.2, 0.25) is 0 Å². The van der Waals surface area contributed by atoms with Crippen LogP contribution >= 0.6 is 0 Å². The lowest BCUT2D eigenvalue weighted by atomic mass is 9.92. The van der Waals surface area contributed by atoms with Crippen LogP contribution in [0, 0.1) is 5.41 Å². The molecule has 1 N–H and O–H groups in total. The maximum Gasteiger partial charge on any atom is 0.0483 e. The molecule has 0 aliphatic heterocycles. The monoisotopic (exact) mass is 286 g/mol. The Hall–Kier alpha value is -1.28. The molecule has 0 saturated heterocycles. The van der Waals surface area contributed by atoms with Gasteiger partial charge in [0.15, 0.2) is 0 Å². The van der Waals surface area contributed by atoms with E-state index in [-0.39, 0.29) is 0 Å². The molecule has 116 valence electrons. The summed E-state index contributed by atoms with van der Waals surface area (Å²) in [6, 6.07) is 8.81. The van der Waals surface area contributed by atoms with Crippen LogP contribution in [0.1, 0.15) is 46.1 Å². The van der Waals surface area contributed by atoms with E-state index in [0.29, 0.717) is 5.41 Å². The summed E-state index contributed by atoms with van der Waals surface area (Å²) in [5.41, 5.74) is 3.24. The summed E-state index contributed by atoms with van der Waals surface area (Å²) in [5, 5.41) is 4.93. The third kappa shape index (κ3) is 4.60. The van der Waals surface area contributed by atoms with E-state index in [4.69, 9.17) is 0 Å². The van der Waals surface area contributed by atoms with E-state index in [1.54, 1.807) is 0 Å². The van der Waals surface area contributed by atoms with Crippen LogP contribution in [0.4, 0.5) is 0 Å². The van der Waals surface area contributed by atoms with Crippen LogP contribution in [-0.2, 0) is 13.0 Å². The van der Waals surface area contributed by atoms with E-state index in [9.17, 15) is 0 Å². The molecule has 0 unspecified atom stereocenters. The van der Waals surface area contributed by atoms with E-state index in [1.165, 1.54) is 29.3 Å². The maximum atomic E-state index is 3.50. The number of rotatable bonds is 7. The predicted octanol–water partition coefficient (Wildman–Crippen LogP) is 4.62. The first-order chi connectivity index (χ1) is 10.0. The topological polar surface area (TPSA) is 17.0 Å². The van der Waals surface area contributed by atoms with Gasteiger partial charge in [0, 0.05) is 23.6 Å². The van der Waals surface area contributed by atoms with Crippen LogP contribution in [0.3, 0.4) is 0 Å². The van der Waals surface area contributed by atoms with E-state index in [0.717, 1.165) is 26.1 Å². The second-order valence-electron chi connectivity index (χ2n) is 7.18. The molecular formula is C19H30N2. The molecule has 0 fully saturated rings. The summed E-state index contributed by atoms with van der Waals surface area (Å²) in [5.74, 6) is 0. The fraction of sp³-hybridized carbons (Fsp3) is 0.579. The van der Waals surface area contributed by atoms with Crippen molar-refractivity contribution in [2.24, 2.45) is 5.41 Å². The van der Waals surface area contributed by atoms with Crippen molar-refractivity contribution in [2.45, 2.75) is 53.5 Å². The Bertz CT molecular complexity index is 560. The molecule has 0 aliphatic rings. The average molecular weight is 286 g/mol. The molecule has 0 amide bonds. The van der Waals surface area contributed by atoms with Gasteiger partial charge >= 0.3 is 0 Å². The number of nitrogens with one attached hydrogen (secondary N) is 1. The Kier molecular flexibility index (Phi) is 5.46. The van der Waals surface area contributed by atoms with Gasteiger partial charge in [-0.15, -0.1) is 0 Å². The highest BCUT2D eigenvalue weighted by Gasteiger charge is 2.12. The van der Waals surface area contributed by atoms with Crippen molar-refractivity contribution in [3.05, 3.63) is 36.0 Å². The lowest BCUT2D eigenvalue weighted by molar-refractivity contribution is 0.353. The Balaban J connectivity index is 2.14. The first-order valence-corrected chi connectivity index (χ1v) is 8.29. The van der Waals surface area contributed by atoms with Gasteiger partial charge in [-0.2, -0.15) is 0 Å². The normalized spacial score (nSPS) is 12.2. The van der Waals surface area contributed by atoms with Gasteiger partial charge in [0.05, 0.1) is 0 Å². The standard InChI is InChI=1S/C19H30N2/c1-5-12-20-13-10-16-15-21(14-11-19(2,3)4)18-9-7-6-8-17(16)18/h6-9,15,20H,5,10-14H2,1-4H3. The molecule has 2 heteroatoms. The number of nitrogens with zero attached hydrogens (tertiary/aromatic N) is 1. The van der Waals surface area contributed by atoms with Gasteiger partial charge < -0.3 is 9.88 Å². The van der Waals surface area contributed by atoms with E-state index in [1.807, 2.05) is 0 Å². The molecule has 1 aromatic carbocycles. The molecule has 0 atom stereocenters. The summed E-state index contributed by atoms with van der Waals surface area (Å²) in [7, 11) is 0. The van der Waals surface area contributed by atoms with Crippen LogP contribution in [0.5, 0.6) is 0 Å². The first-order valence-electron chi connectivity index (χ1n) is 8.29. The zero-order valence-electron chi connectivity index (χ0n) is 14.1. The second-order valence-corrected chi connectivity index (χ2v) is 7.18. The van der Waals surface area contributed by atoms with E-state index in [2.05, 4.69) is 68.0 Å². The van der Waals surface area contributed by atoms with Crippen molar-refractivity contribution in [1.29, 1.82) is 0 Å². The summed E-state index contributed by atoms with van der Waals surface area (Å²) in [4.78, 5) is 0. The Labute approximate surface area is 129 Å². The molecular weight excluding hydrogens is 256 g/mol. The number of hydrogen-bond donors (Lipinski definition) is 1. The molecule has 21 heavy (non-hydrogen) atoms. The van der Waals surface area contributed by atoms with Crippen molar-refractivity contribution in [1.82, 2.24) is 9.88 Å².